The molecule has 0 spiro atoms. The van der Waals surface area contributed by atoms with Crippen molar-refractivity contribution in [2.45, 2.75) is 57.3 Å². The summed E-state index contributed by atoms with van der Waals surface area (Å²) in [6, 6.07) is 10.6. The number of carbonyl (C=O) groups is 2. The third kappa shape index (κ3) is 5.36. The van der Waals surface area contributed by atoms with Crippen LogP contribution in [0.4, 0.5) is 5.69 Å². The second-order valence-corrected chi connectivity index (χ2v) is 7.78. The first-order chi connectivity index (χ1) is 14.7. The molecule has 2 aromatic rings. The number of nitrogens with one attached hydrogen (secondary N) is 2. The van der Waals surface area contributed by atoms with Gasteiger partial charge in [-0.2, -0.15) is 0 Å². The number of ether oxygens (including phenoxy) is 2. The van der Waals surface area contributed by atoms with Crippen LogP contribution in [0.5, 0.6) is 5.88 Å². The second-order valence-electron chi connectivity index (χ2n) is 7.78. The maximum Gasteiger partial charge on any atom is 0.253 e. The summed E-state index contributed by atoms with van der Waals surface area (Å²) in [7, 11) is 0. The first-order valence-electron chi connectivity index (χ1n) is 10.6. The molecule has 1 saturated carbocycles. The van der Waals surface area contributed by atoms with E-state index >= 15 is 0 Å². The van der Waals surface area contributed by atoms with Crippen molar-refractivity contribution in [3.05, 3.63) is 53.7 Å². The fourth-order valence-electron chi connectivity index (χ4n) is 3.83. The smallest absolute Gasteiger partial charge is 0.253 e. The van der Waals surface area contributed by atoms with Gasteiger partial charge in [-0.25, -0.2) is 4.98 Å². The molecule has 2 amide bonds. The number of amides is 2. The number of aromatic nitrogens is 1. The van der Waals surface area contributed by atoms with E-state index in [1.807, 2.05) is 12.1 Å². The molecule has 1 saturated heterocycles. The molecule has 2 fully saturated rings. The molecule has 7 heteroatoms. The summed E-state index contributed by atoms with van der Waals surface area (Å²) in [5, 5.41) is 5.74. The molecule has 1 aliphatic carbocycles. The fraction of sp³-hybridized carbons (Fsp3) is 0.435. The van der Waals surface area contributed by atoms with E-state index < -0.39 is 6.10 Å². The Hall–Kier alpha value is -2.93. The van der Waals surface area contributed by atoms with Gasteiger partial charge >= 0.3 is 0 Å². The number of rotatable bonds is 7. The Morgan fingerprint density at radius 2 is 1.97 bits per heavy atom. The van der Waals surface area contributed by atoms with Crippen LogP contribution in [0.15, 0.2) is 42.6 Å². The Morgan fingerprint density at radius 3 is 2.77 bits per heavy atom. The van der Waals surface area contributed by atoms with Gasteiger partial charge in [-0.1, -0.05) is 6.07 Å². The Kier molecular flexibility index (Phi) is 6.59. The van der Waals surface area contributed by atoms with Gasteiger partial charge in [-0.3, -0.25) is 9.59 Å². The Bertz CT molecular complexity index is 890. The Morgan fingerprint density at radius 1 is 1.10 bits per heavy atom. The van der Waals surface area contributed by atoms with Crippen molar-refractivity contribution < 1.29 is 19.1 Å². The van der Waals surface area contributed by atoms with Crippen LogP contribution < -0.4 is 15.4 Å². The molecule has 2 N–H and O–H groups in total. The van der Waals surface area contributed by atoms with E-state index in [1.54, 1.807) is 30.5 Å². The molecular formula is C23H27N3O4. The third-order valence-corrected chi connectivity index (χ3v) is 5.46. The summed E-state index contributed by atoms with van der Waals surface area (Å²) in [6.07, 6.45) is 7.71. The van der Waals surface area contributed by atoms with Gasteiger partial charge in [0.2, 0.25) is 5.88 Å². The number of benzene rings is 1. The van der Waals surface area contributed by atoms with Gasteiger partial charge in [0.15, 0.2) is 0 Å². The number of nitrogens with zero attached hydrogens (tertiary/aromatic N) is 1. The van der Waals surface area contributed by atoms with E-state index in [0.29, 0.717) is 30.3 Å². The summed E-state index contributed by atoms with van der Waals surface area (Å²) in [5.41, 5.74) is 1.99. The lowest BCUT2D eigenvalue weighted by Crippen LogP contribution is -2.27. The van der Waals surface area contributed by atoms with Crippen molar-refractivity contribution >= 4 is 17.5 Å². The molecule has 1 aromatic carbocycles. The summed E-state index contributed by atoms with van der Waals surface area (Å²) in [6.45, 7) is 0.984. The van der Waals surface area contributed by atoms with Crippen LogP contribution in [0.25, 0.3) is 0 Å². The van der Waals surface area contributed by atoms with E-state index in [2.05, 4.69) is 15.6 Å². The van der Waals surface area contributed by atoms with Crippen LogP contribution in [-0.2, 0) is 16.1 Å². The molecule has 158 valence electrons. The van der Waals surface area contributed by atoms with E-state index in [1.165, 1.54) is 12.8 Å². The molecule has 1 aromatic heterocycles. The minimum absolute atomic E-state index is 0.170. The first kappa shape index (κ1) is 20.3. The number of pyridine rings is 1. The Balaban J connectivity index is 1.32. The van der Waals surface area contributed by atoms with E-state index in [9.17, 15) is 9.59 Å². The van der Waals surface area contributed by atoms with Crippen molar-refractivity contribution in [3.8, 4) is 5.88 Å². The molecule has 1 atom stereocenters. The topological polar surface area (TPSA) is 89.5 Å². The Labute approximate surface area is 176 Å². The van der Waals surface area contributed by atoms with Crippen LogP contribution >= 0.6 is 0 Å². The van der Waals surface area contributed by atoms with Crippen molar-refractivity contribution in [2.75, 3.05) is 11.9 Å². The van der Waals surface area contributed by atoms with Crippen molar-refractivity contribution in [1.29, 1.82) is 0 Å². The zero-order chi connectivity index (χ0) is 20.8. The van der Waals surface area contributed by atoms with Gasteiger partial charge in [0.05, 0.1) is 0 Å². The number of hydrogen-bond donors (Lipinski definition) is 2. The lowest BCUT2D eigenvalue weighted by Gasteiger charge is -2.13. The van der Waals surface area contributed by atoms with Gasteiger partial charge < -0.3 is 20.1 Å². The first-order valence-corrected chi connectivity index (χ1v) is 10.6. The van der Waals surface area contributed by atoms with Crippen molar-refractivity contribution in [1.82, 2.24) is 10.3 Å². The molecule has 0 radical (unpaired) electrons. The predicted octanol–water partition coefficient (Wildman–Crippen LogP) is 3.45. The molecule has 2 heterocycles. The van der Waals surface area contributed by atoms with Crippen LogP contribution in [0.3, 0.4) is 0 Å². The lowest BCUT2D eigenvalue weighted by atomic mass is 10.1. The predicted molar refractivity (Wildman–Crippen MR) is 112 cm³/mol. The van der Waals surface area contributed by atoms with Crippen molar-refractivity contribution in [2.24, 2.45) is 0 Å². The highest BCUT2D eigenvalue weighted by atomic mass is 16.5. The van der Waals surface area contributed by atoms with Gasteiger partial charge in [-0.05, 0) is 68.4 Å². The number of anilines is 1. The molecular weight excluding hydrogens is 382 g/mol. The highest BCUT2D eigenvalue weighted by molar-refractivity contribution is 5.98. The molecule has 30 heavy (non-hydrogen) atoms. The van der Waals surface area contributed by atoms with Gasteiger partial charge in [0, 0.05) is 36.7 Å². The number of carbonyl (C=O) groups excluding carboxylic acids is 2. The molecule has 1 unspecified atom stereocenters. The average Bonchev–Trinajstić information content (AvgIpc) is 3.47. The highest BCUT2D eigenvalue weighted by Gasteiger charge is 2.23. The summed E-state index contributed by atoms with van der Waals surface area (Å²) in [4.78, 5) is 29.1. The van der Waals surface area contributed by atoms with Crippen LogP contribution in [0, 0.1) is 0 Å². The molecule has 0 bridgehead atoms. The van der Waals surface area contributed by atoms with Crippen LogP contribution in [0.1, 0.15) is 54.4 Å². The molecule has 7 nitrogen and oxygen atoms in total. The highest BCUT2D eigenvalue weighted by Crippen LogP contribution is 2.23. The largest absolute Gasteiger partial charge is 0.474 e. The molecule has 1 aliphatic heterocycles. The van der Waals surface area contributed by atoms with E-state index in [0.717, 1.165) is 31.2 Å². The normalized spacial score (nSPS) is 18.9. The SMILES string of the molecule is O=C(NCc1ccnc(OC2CCCC2)c1)c1cccc(NC(=O)C2CCCO2)c1. The summed E-state index contributed by atoms with van der Waals surface area (Å²) < 4.78 is 11.3. The molecule has 4 rings (SSSR count). The van der Waals surface area contributed by atoms with Gasteiger partial charge in [-0.15, -0.1) is 0 Å². The monoisotopic (exact) mass is 409 g/mol. The average molecular weight is 409 g/mol. The molecule has 2 aliphatic rings. The van der Waals surface area contributed by atoms with Crippen molar-refractivity contribution in [3.63, 3.8) is 0 Å². The maximum atomic E-state index is 12.6. The van der Waals surface area contributed by atoms with Gasteiger partial charge in [0.25, 0.3) is 11.8 Å². The zero-order valence-corrected chi connectivity index (χ0v) is 16.9. The van der Waals surface area contributed by atoms with Crippen LogP contribution in [0.2, 0.25) is 0 Å². The standard InChI is InChI=1S/C23H27N3O4/c27-22(17-5-3-6-18(14-17)26-23(28)20-9-4-12-29-20)25-15-16-10-11-24-21(13-16)30-19-7-1-2-8-19/h3,5-6,10-11,13-14,19-20H,1-2,4,7-9,12,15H2,(H,25,27)(H,26,28). The minimum Gasteiger partial charge on any atom is -0.474 e. The van der Waals surface area contributed by atoms with E-state index in [-0.39, 0.29) is 17.9 Å². The second kappa shape index (κ2) is 9.71. The van der Waals surface area contributed by atoms with Crippen LogP contribution in [-0.4, -0.2) is 35.6 Å². The van der Waals surface area contributed by atoms with Gasteiger partial charge in [0.1, 0.15) is 12.2 Å². The summed E-state index contributed by atoms with van der Waals surface area (Å²) in [5.74, 6) is 0.224. The minimum atomic E-state index is -0.408. The zero-order valence-electron chi connectivity index (χ0n) is 16.9. The maximum absolute atomic E-state index is 12.6. The lowest BCUT2D eigenvalue weighted by molar-refractivity contribution is -0.124. The quantitative estimate of drug-likeness (QED) is 0.731. The fourth-order valence-corrected chi connectivity index (χ4v) is 3.83. The summed E-state index contributed by atoms with van der Waals surface area (Å²) >= 11 is 0. The number of hydrogen-bond acceptors (Lipinski definition) is 5. The third-order valence-electron chi connectivity index (χ3n) is 5.46. The van der Waals surface area contributed by atoms with E-state index in [4.69, 9.17) is 9.47 Å².